The van der Waals surface area contributed by atoms with Gasteiger partial charge in [0.25, 0.3) is 0 Å². The van der Waals surface area contributed by atoms with Crippen molar-refractivity contribution < 1.29 is 5.11 Å². The van der Waals surface area contributed by atoms with E-state index in [1.807, 2.05) is 19.9 Å². The van der Waals surface area contributed by atoms with Crippen LogP contribution in [0.2, 0.25) is 0 Å². The number of hydrogen-bond acceptors (Lipinski definition) is 4. The Kier molecular flexibility index (Phi) is 3.86. The van der Waals surface area contributed by atoms with Crippen molar-refractivity contribution in [2.24, 2.45) is 11.8 Å². The summed E-state index contributed by atoms with van der Waals surface area (Å²) >= 11 is 0. The van der Waals surface area contributed by atoms with E-state index in [0.717, 1.165) is 49.4 Å². The maximum Gasteiger partial charge on any atom is 0.147 e. The molecular weight excluding hydrogens is 274 g/mol. The maximum atomic E-state index is 10.9. The minimum Gasteiger partial charge on any atom is -0.390 e. The molecule has 0 radical (unpaired) electrons. The van der Waals surface area contributed by atoms with Crippen molar-refractivity contribution in [2.75, 3.05) is 18.0 Å². The van der Waals surface area contributed by atoms with Crippen LogP contribution in [0.3, 0.4) is 0 Å². The molecule has 0 bridgehead atoms. The zero-order chi connectivity index (χ0) is 15.9. The number of aromatic nitrogens is 1. The Morgan fingerprint density at radius 2 is 2.23 bits per heavy atom. The molecular formula is C18H25N3O. The van der Waals surface area contributed by atoms with E-state index in [9.17, 15) is 10.4 Å². The normalized spacial score (nSPS) is 31.0. The van der Waals surface area contributed by atoms with Gasteiger partial charge in [0.2, 0.25) is 0 Å². The Bertz CT molecular complexity index is 621. The number of fused-ring (bicyclic) bond motifs is 1. The first-order valence-electron chi connectivity index (χ1n) is 8.34. The van der Waals surface area contributed by atoms with Crippen molar-refractivity contribution in [2.45, 2.75) is 52.1 Å². The molecule has 2 aliphatic rings. The van der Waals surface area contributed by atoms with Gasteiger partial charge in [0, 0.05) is 24.7 Å². The van der Waals surface area contributed by atoms with Gasteiger partial charge in [-0.3, -0.25) is 0 Å². The highest BCUT2D eigenvalue weighted by molar-refractivity contribution is 5.59. The van der Waals surface area contributed by atoms with Crippen molar-refractivity contribution >= 4 is 5.82 Å². The molecule has 1 aliphatic heterocycles. The fourth-order valence-electron chi connectivity index (χ4n) is 4.42. The van der Waals surface area contributed by atoms with Crippen LogP contribution in [0, 0.1) is 37.0 Å². The van der Waals surface area contributed by atoms with E-state index in [4.69, 9.17) is 0 Å². The van der Waals surface area contributed by atoms with Gasteiger partial charge in [-0.2, -0.15) is 5.26 Å². The van der Waals surface area contributed by atoms with E-state index in [-0.39, 0.29) is 0 Å². The number of aryl methyl sites for hydroxylation is 2. The van der Waals surface area contributed by atoms with Gasteiger partial charge in [0.1, 0.15) is 11.9 Å². The standard InChI is InChI=1S/C18H25N3O/c1-4-18(22)7-5-6-14-10-21(11-16(14)18)17-15(9-19)12(2)8-13(3)20-17/h8,14,16,22H,4-7,10-11H2,1-3H3/t14-,16+,18-/m0/s1. The first-order valence-corrected chi connectivity index (χ1v) is 8.34. The Balaban J connectivity index is 1.95. The summed E-state index contributed by atoms with van der Waals surface area (Å²) in [5.74, 6) is 1.64. The number of aliphatic hydroxyl groups is 1. The number of anilines is 1. The SMILES string of the molecule is CC[C@]1(O)CCC[C@H]2CN(c3nc(C)cc(C)c3C#N)C[C@H]21. The smallest absolute Gasteiger partial charge is 0.147 e. The summed E-state index contributed by atoms with van der Waals surface area (Å²) in [5.41, 5.74) is 2.09. The van der Waals surface area contributed by atoms with Crippen LogP contribution in [0.1, 0.15) is 49.4 Å². The van der Waals surface area contributed by atoms with Gasteiger partial charge < -0.3 is 10.0 Å². The van der Waals surface area contributed by atoms with Crippen LogP contribution in [-0.2, 0) is 0 Å². The zero-order valence-electron chi connectivity index (χ0n) is 13.8. The van der Waals surface area contributed by atoms with Crippen LogP contribution < -0.4 is 4.90 Å². The van der Waals surface area contributed by atoms with E-state index in [0.29, 0.717) is 17.4 Å². The molecule has 1 saturated heterocycles. The predicted octanol–water partition coefficient (Wildman–Crippen LogP) is 2.95. The summed E-state index contributed by atoms with van der Waals surface area (Å²) in [6, 6.07) is 4.28. The second-order valence-electron chi connectivity index (χ2n) is 7.01. The maximum absolute atomic E-state index is 10.9. The Hall–Kier alpha value is -1.60. The third-order valence-electron chi connectivity index (χ3n) is 5.66. The molecule has 3 rings (SSSR count). The highest BCUT2D eigenvalue weighted by Crippen LogP contribution is 2.45. The van der Waals surface area contributed by atoms with E-state index < -0.39 is 5.60 Å². The largest absolute Gasteiger partial charge is 0.390 e. The summed E-state index contributed by atoms with van der Waals surface area (Å²) in [5, 5.41) is 20.4. The molecule has 118 valence electrons. The lowest BCUT2D eigenvalue weighted by molar-refractivity contribution is -0.0597. The number of nitriles is 1. The van der Waals surface area contributed by atoms with Crippen LogP contribution in [0.4, 0.5) is 5.82 Å². The van der Waals surface area contributed by atoms with Crippen LogP contribution in [0.25, 0.3) is 0 Å². The molecule has 0 spiro atoms. The molecule has 1 aliphatic carbocycles. The van der Waals surface area contributed by atoms with Crippen molar-refractivity contribution in [1.82, 2.24) is 4.98 Å². The molecule has 1 N–H and O–H groups in total. The third-order valence-corrected chi connectivity index (χ3v) is 5.66. The van der Waals surface area contributed by atoms with E-state index >= 15 is 0 Å². The average molecular weight is 299 g/mol. The fourth-order valence-corrected chi connectivity index (χ4v) is 4.42. The van der Waals surface area contributed by atoms with Crippen LogP contribution in [0.15, 0.2) is 6.07 Å². The van der Waals surface area contributed by atoms with Crippen molar-refractivity contribution in [3.05, 3.63) is 22.9 Å². The topological polar surface area (TPSA) is 60.1 Å². The lowest BCUT2D eigenvalue weighted by Gasteiger charge is -2.40. The van der Waals surface area contributed by atoms with E-state index in [2.05, 4.69) is 22.9 Å². The Morgan fingerprint density at radius 3 is 2.91 bits per heavy atom. The van der Waals surface area contributed by atoms with Crippen molar-refractivity contribution in [3.8, 4) is 6.07 Å². The summed E-state index contributed by atoms with van der Waals surface area (Å²) < 4.78 is 0. The predicted molar refractivity (Wildman–Crippen MR) is 86.7 cm³/mol. The Morgan fingerprint density at radius 1 is 1.45 bits per heavy atom. The van der Waals surface area contributed by atoms with Crippen molar-refractivity contribution in [1.29, 1.82) is 5.26 Å². The fraction of sp³-hybridized carbons (Fsp3) is 0.667. The van der Waals surface area contributed by atoms with Gasteiger partial charge in [-0.1, -0.05) is 13.3 Å². The first kappa shape index (κ1) is 15.3. The van der Waals surface area contributed by atoms with Gasteiger partial charge in [-0.05, 0) is 50.7 Å². The van der Waals surface area contributed by atoms with Gasteiger partial charge >= 0.3 is 0 Å². The third kappa shape index (κ3) is 2.38. The number of rotatable bonds is 2. The molecule has 1 aromatic rings. The second kappa shape index (κ2) is 5.55. The molecule has 3 atom stereocenters. The number of hydrogen-bond donors (Lipinski definition) is 1. The zero-order valence-corrected chi connectivity index (χ0v) is 13.8. The molecule has 1 saturated carbocycles. The second-order valence-corrected chi connectivity index (χ2v) is 7.01. The van der Waals surface area contributed by atoms with Crippen LogP contribution in [0.5, 0.6) is 0 Å². The minimum absolute atomic E-state index is 0.306. The van der Waals surface area contributed by atoms with Crippen molar-refractivity contribution in [3.63, 3.8) is 0 Å². The van der Waals surface area contributed by atoms with Gasteiger partial charge in [-0.25, -0.2) is 4.98 Å². The summed E-state index contributed by atoms with van der Waals surface area (Å²) in [6.07, 6.45) is 4.00. The summed E-state index contributed by atoms with van der Waals surface area (Å²) in [6.45, 7) is 7.77. The Labute approximate surface area is 132 Å². The molecule has 0 unspecified atom stereocenters. The monoisotopic (exact) mass is 299 g/mol. The molecule has 0 amide bonds. The highest BCUT2D eigenvalue weighted by Gasteiger charge is 2.48. The molecule has 2 fully saturated rings. The molecule has 0 aromatic carbocycles. The molecule has 2 heterocycles. The van der Waals surface area contributed by atoms with Gasteiger partial charge in [-0.15, -0.1) is 0 Å². The average Bonchev–Trinajstić information content (AvgIpc) is 2.92. The minimum atomic E-state index is -0.538. The molecule has 22 heavy (non-hydrogen) atoms. The quantitative estimate of drug-likeness (QED) is 0.912. The van der Waals surface area contributed by atoms with E-state index in [1.165, 1.54) is 6.42 Å². The molecule has 4 heteroatoms. The van der Waals surface area contributed by atoms with E-state index in [1.54, 1.807) is 0 Å². The molecule has 1 aromatic heterocycles. The van der Waals surface area contributed by atoms with Gasteiger partial charge in [0.05, 0.1) is 11.2 Å². The highest BCUT2D eigenvalue weighted by atomic mass is 16.3. The number of pyridine rings is 1. The lowest BCUT2D eigenvalue weighted by atomic mass is 9.69. The molecule has 4 nitrogen and oxygen atoms in total. The van der Waals surface area contributed by atoms with Gasteiger partial charge in [0.15, 0.2) is 0 Å². The first-order chi connectivity index (χ1) is 10.5. The van der Waals surface area contributed by atoms with Crippen LogP contribution in [-0.4, -0.2) is 28.8 Å². The number of nitrogens with zero attached hydrogens (tertiary/aromatic N) is 3. The lowest BCUT2D eigenvalue weighted by Crippen LogP contribution is -2.44. The van der Waals surface area contributed by atoms with Crippen LogP contribution >= 0.6 is 0 Å². The summed E-state index contributed by atoms with van der Waals surface area (Å²) in [4.78, 5) is 6.88. The summed E-state index contributed by atoms with van der Waals surface area (Å²) in [7, 11) is 0.